The first kappa shape index (κ1) is 16.1. The summed E-state index contributed by atoms with van der Waals surface area (Å²) in [4.78, 5) is 0. The molecule has 4 heteroatoms. The lowest BCUT2D eigenvalue weighted by Crippen LogP contribution is -2.28. The zero-order valence-electron chi connectivity index (χ0n) is 12.4. The summed E-state index contributed by atoms with van der Waals surface area (Å²) in [6, 6.07) is 0. The predicted octanol–water partition coefficient (Wildman–Crippen LogP) is 5.34. The summed E-state index contributed by atoms with van der Waals surface area (Å²) in [5, 5.41) is 0. The Balaban J connectivity index is 1.67. The van der Waals surface area contributed by atoms with E-state index in [0.717, 1.165) is 50.4 Å². The molecule has 0 unspecified atom stereocenters. The molecule has 2 aliphatic carbocycles. The highest BCUT2D eigenvalue weighted by Gasteiger charge is 2.33. The van der Waals surface area contributed by atoms with Crippen LogP contribution in [0.5, 0.6) is 0 Å². The van der Waals surface area contributed by atoms with Gasteiger partial charge in [0.15, 0.2) is 0 Å². The first-order valence-electron chi connectivity index (χ1n) is 8.07. The zero-order chi connectivity index (χ0) is 14.6. The van der Waals surface area contributed by atoms with Crippen LogP contribution in [0.25, 0.3) is 0 Å². The summed E-state index contributed by atoms with van der Waals surface area (Å²) >= 11 is 0. The van der Waals surface area contributed by atoms with Crippen molar-refractivity contribution >= 4 is 0 Å². The van der Waals surface area contributed by atoms with Crippen LogP contribution >= 0.6 is 0 Å². The maximum atomic E-state index is 12.2. The molecule has 2 rings (SSSR count). The van der Waals surface area contributed by atoms with Gasteiger partial charge in [0.05, 0.1) is 6.10 Å². The molecule has 0 aliphatic heterocycles. The van der Waals surface area contributed by atoms with Gasteiger partial charge in [0.1, 0.15) is 0 Å². The molecule has 1 nitrogen and oxygen atoms in total. The molecular weight excluding hydrogens is 265 g/mol. The van der Waals surface area contributed by atoms with E-state index >= 15 is 0 Å². The predicted molar refractivity (Wildman–Crippen MR) is 73.5 cm³/mol. The fourth-order valence-corrected chi connectivity index (χ4v) is 4.11. The number of hydrogen-bond donors (Lipinski definition) is 0. The molecule has 0 radical (unpaired) electrons. The maximum Gasteiger partial charge on any atom is 0.389 e. The highest BCUT2D eigenvalue weighted by Crippen LogP contribution is 2.42. The molecule has 0 heterocycles. The Morgan fingerprint density at radius 1 is 0.850 bits per heavy atom. The molecule has 0 aromatic heterocycles. The van der Waals surface area contributed by atoms with Crippen LogP contribution in [0.1, 0.15) is 64.2 Å². The van der Waals surface area contributed by atoms with E-state index in [1.54, 1.807) is 7.11 Å². The van der Waals surface area contributed by atoms with E-state index in [1.807, 2.05) is 0 Å². The minimum atomic E-state index is -3.98. The summed E-state index contributed by atoms with van der Waals surface area (Å²) in [5.74, 6) is 1.86. The quantitative estimate of drug-likeness (QED) is 0.679. The van der Waals surface area contributed by atoms with Gasteiger partial charge in [0.25, 0.3) is 0 Å². The second-order valence-electron chi connectivity index (χ2n) is 6.71. The number of hydrogen-bond acceptors (Lipinski definition) is 1. The maximum absolute atomic E-state index is 12.2. The highest BCUT2D eigenvalue weighted by atomic mass is 19.4. The molecule has 2 fully saturated rings. The molecule has 0 atom stereocenters. The summed E-state index contributed by atoms with van der Waals surface area (Å²) in [6.07, 6.45) is 5.32. The van der Waals surface area contributed by atoms with Gasteiger partial charge in [0.2, 0.25) is 0 Å². The van der Waals surface area contributed by atoms with E-state index < -0.39 is 12.6 Å². The first-order chi connectivity index (χ1) is 9.48. The third-order valence-electron chi connectivity index (χ3n) is 5.45. The Kier molecular flexibility index (Phi) is 5.76. The lowest BCUT2D eigenvalue weighted by Gasteiger charge is -2.37. The van der Waals surface area contributed by atoms with Crippen LogP contribution in [0.3, 0.4) is 0 Å². The van der Waals surface area contributed by atoms with Gasteiger partial charge >= 0.3 is 6.18 Å². The number of ether oxygens (including phenoxy) is 1. The van der Waals surface area contributed by atoms with Crippen molar-refractivity contribution in [1.29, 1.82) is 0 Å². The smallest absolute Gasteiger partial charge is 0.381 e. The van der Waals surface area contributed by atoms with Gasteiger partial charge in [0, 0.05) is 13.5 Å². The van der Waals surface area contributed by atoms with Crippen molar-refractivity contribution in [3.8, 4) is 0 Å². The molecule has 0 spiro atoms. The van der Waals surface area contributed by atoms with Crippen LogP contribution in [0.2, 0.25) is 0 Å². The standard InChI is InChI=1S/C16H27F3O/c1-20-15-8-6-14(7-9-15)13-4-2-12(3-5-13)10-11-16(17,18)19/h12-15H,2-11H2,1H3/t12-,13-,14-,15-. The van der Waals surface area contributed by atoms with Gasteiger partial charge in [-0.25, -0.2) is 0 Å². The van der Waals surface area contributed by atoms with Crippen LogP contribution in [0.15, 0.2) is 0 Å². The first-order valence-corrected chi connectivity index (χ1v) is 8.07. The van der Waals surface area contributed by atoms with Crippen molar-refractivity contribution in [2.75, 3.05) is 7.11 Å². The summed E-state index contributed by atoms with van der Waals surface area (Å²) in [5.41, 5.74) is 0. The molecule has 0 aromatic carbocycles. The minimum absolute atomic E-state index is 0.309. The fourth-order valence-electron chi connectivity index (χ4n) is 4.11. The van der Waals surface area contributed by atoms with Crippen LogP contribution in [0, 0.1) is 17.8 Å². The summed E-state index contributed by atoms with van der Waals surface area (Å²) in [7, 11) is 1.79. The molecule has 118 valence electrons. The minimum Gasteiger partial charge on any atom is -0.381 e. The van der Waals surface area contributed by atoms with E-state index in [1.165, 1.54) is 12.8 Å². The van der Waals surface area contributed by atoms with Crippen LogP contribution in [0.4, 0.5) is 13.2 Å². The third-order valence-corrected chi connectivity index (χ3v) is 5.45. The largest absolute Gasteiger partial charge is 0.389 e. The number of alkyl halides is 3. The second-order valence-corrected chi connectivity index (χ2v) is 6.71. The average Bonchev–Trinajstić information content (AvgIpc) is 2.45. The van der Waals surface area contributed by atoms with Crippen molar-refractivity contribution in [1.82, 2.24) is 0 Å². The van der Waals surface area contributed by atoms with Crippen LogP contribution < -0.4 is 0 Å². The molecule has 0 N–H and O–H groups in total. The Labute approximate surface area is 120 Å². The monoisotopic (exact) mass is 292 g/mol. The molecular formula is C16H27F3O. The van der Waals surface area contributed by atoms with Gasteiger partial charge in [-0.2, -0.15) is 13.2 Å². The molecule has 0 aromatic rings. The van der Waals surface area contributed by atoms with Crippen molar-refractivity contribution in [2.24, 2.45) is 17.8 Å². The van der Waals surface area contributed by atoms with E-state index in [9.17, 15) is 13.2 Å². The van der Waals surface area contributed by atoms with Gasteiger partial charge in [-0.15, -0.1) is 0 Å². The molecule has 0 bridgehead atoms. The highest BCUT2D eigenvalue weighted by molar-refractivity contribution is 4.82. The van der Waals surface area contributed by atoms with Crippen LogP contribution in [-0.2, 0) is 4.74 Å². The second kappa shape index (κ2) is 7.15. The van der Waals surface area contributed by atoms with Crippen molar-refractivity contribution < 1.29 is 17.9 Å². The Morgan fingerprint density at radius 2 is 1.35 bits per heavy atom. The van der Waals surface area contributed by atoms with Gasteiger partial charge < -0.3 is 4.74 Å². The van der Waals surface area contributed by atoms with Gasteiger partial charge in [-0.3, -0.25) is 0 Å². The van der Waals surface area contributed by atoms with E-state index in [2.05, 4.69) is 0 Å². The van der Waals surface area contributed by atoms with E-state index in [0.29, 0.717) is 18.4 Å². The number of methoxy groups -OCH3 is 1. The zero-order valence-corrected chi connectivity index (χ0v) is 12.4. The fraction of sp³-hybridized carbons (Fsp3) is 1.00. The summed E-state index contributed by atoms with van der Waals surface area (Å²) < 4.78 is 42.1. The summed E-state index contributed by atoms with van der Waals surface area (Å²) in [6.45, 7) is 0. The Morgan fingerprint density at radius 3 is 1.80 bits per heavy atom. The average molecular weight is 292 g/mol. The van der Waals surface area contributed by atoms with Crippen LogP contribution in [-0.4, -0.2) is 19.4 Å². The van der Waals surface area contributed by atoms with Crippen molar-refractivity contribution in [3.05, 3.63) is 0 Å². The topological polar surface area (TPSA) is 9.23 Å². The Bertz CT molecular complexity index is 274. The van der Waals surface area contributed by atoms with E-state index in [4.69, 9.17) is 4.74 Å². The lowest BCUT2D eigenvalue weighted by molar-refractivity contribution is -0.138. The van der Waals surface area contributed by atoms with Gasteiger partial charge in [-0.1, -0.05) is 12.8 Å². The Hall–Kier alpha value is -0.250. The lowest BCUT2D eigenvalue weighted by atomic mass is 9.70. The number of halogens is 3. The molecule has 2 saturated carbocycles. The van der Waals surface area contributed by atoms with Crippen molar-refractivity contribution in [2.45, 2.75) is 76.5 Å². The normalized spacial score (nSPS) is 36.0. The third kappa shape index (κ3) is 4.94. The van der Waals surface area contributed by atoms with Crippen molar-refractivity contribution in [3.63, 3.8) is 0 Å². The number of rotatable bonds is 4. The van der Waals surface area contributed by atoms with Gasteiger partial charge in [-0.05, 0) is 62.7 Å². The van der Waals surface area contributed by atoms with E-state index in [-0.39, 0.29) is 0 Å². The molecule has 20 heavy (non-hydrogen) atoms. The SMILES string of the molecule is CO[C@H]1CC[C@H]([C@H]2CC[C@H](CCC(F)(F)F)CC2)CC1. The molecule has 0 amide bonds. The molecule has 2 aliphatic rings. The molecule has 0 saturated heterocycles.